The van der Waals surface area contributed by atoms with Crippen molar-refractivity contribution in [3.8, 4) is 5.75 Å². The highest BCUT2D eigenvalue weighted by Gasteiger charge is 2.13. The standard InChI is InChI=1S/C21H27N3O3/c1-3-12-27-19-9-7-17(8-10-19)24-21(26)14-16(2)13-20(25)23-15-18-6-4-5-11-22-18/h4-11,16H,3,12-15H2,1-2H3,(H,23,25)(H,24,26)/t16-/m1/s1. The second-order valence-electron chi connectivity index (χ2n) is 6.53. The van der Waals surface area contributed by atoms with Crippen molar-refractivity contribution < 1.29 is 14.3 Å². The Balaban J connectivity index is 1.70. The lowest BCUT2D eigenvalue weighted by Crippen LogP contribution is -2.26. The number of nitrogens with zero attached hydrogens (tertiary/aromatic N) is 1. The number of amides is 2. The molecule has 6 nitrogen and oxygen atoms in total. The first kappa shape index (κ1) is 20.4. The Labute approximate surface area is 160 Å². The van der Waals surface area contributed by atoms with E-state index in [0.717, 1.165) is 23.6 Å². The summed E-state index contributed by atoms with van der Waals surface area (Å²) < 4.78 is 5.52. The van der Waals surface area contributed by atoms with Gasteiger partial charge in [-0.1, -0.05) is 19.9 Å². The van der Waals surface area contributed by atoms with Crippen LogP contribution in [0.3, 0.4) is 0 Å². The zero-order valence-electron chi connectivity index (χ0n) is 15.9. The molecule has 1 heterocycles. The van der Waals surface area contributed by atoms with Gasteiger partial charge < -0.3 is 15.4 Å². The summed E-state index contributed by atoms with van der Waals surface area (Å²) >= 11 is 0. The lowest BCUT2D eigenvalue weighted by Gasteiger charge is -2.12. The molecule has 0 fully saturated rings. The summed E-state index contributed by atoms with van der Waals surface area (Å²) in [7, 11) is 0. The number of nitrogens with one attached hydrogen (secondary N) is 2. The molecule has 1 aromatic heterocycles. The molecule has 2 amide bonds. The van der Waals surface area contributed by atoms with Gasteiger partial charge in [0.2, 0.25) is 11.8 Å². The van der Waals surface area contributed by atoms with Crippen molar-refractivity contribution in [2.24, 2.45) is 5.92 Å². The van der Waals surface area contributed by atoms with Crippen LogP contribution in [0.5, 0.6) is 5.75 Å². The number of hydrogen-bond donors (Lipinski definition) is 2. The van der Waals surface area contributed by atoms with E-state index in [1.165, 1.54) is 0 Å². The maximum Gasteiger partial charge on any atom is 0.224 e. The van der Waals surface area contributed by atoms with Gasteiger partial charge in [-0.25, -0.2) is 0 Å². The molecule has 0 saturated heterocycles. The first-order chi connectivity index (χ1) is 13.1. The Morgan fingerprint density at radius 2 is 1.81 bits per heavy atom. The monoisotopic (exact) mass is 369 g/mol. The summed E-state index contributed by atoms with van der Waals surface area (Å²) in [5.41, 5.74) is 1.53. The number of hydrogen-bond acceptors (Lipinski definition) is 4. The van der Waals surface area contributed by atoms with E-state index in [4.69, 9.17) is 4.74 Å². The number of carbonyl (C=O) groups is 2. The summed E-state index contributed by atoms with van der Waals surface area (Å²) in [6, 6.07) is 12.9. The number of carbonyl (C=O) groups excluding carboxylic acids is 2. The first-order valence-electron chi connectivity index (χ1n) is 9.26. The van der Waals surface area contributed by atoms with Crippen LogP contribution in [0.1, 0.15) is 38.8 Å². The van der Waals surface area contributed by atoms with Crippen molar-refractivity contribution in [1.29, 1.82) is 0 Å². The smallest absolute Gasteiger partial charge is 0.224 e. The maximum atomic E-state index is 12.2. The second kappa shape index (κ2) is 11.0. The molecular weight excluding hydrogens is 342 g/mol. The molecule has 1 atom stereocenters. The van der Waals surface area contributed by atoms with Crippen LogP contribution in [0, 0.1) is 5.92 Å². The quantitative estimate of drug-likeness (QED) is 0.671. The molecule has 2 rings (SSSR count). The molecule has 0 saturated carbocycles. The molecule has 2 N–H and O–H groups in total. The summed E-state index contributed by atoms with van der Waals surface area (Å²) in [6.45, 7) is 5.01. The Kier molecular flexibility index (Phi) is 8.29. The van der Waals surface area contributed by atoms with Crippen LogP contribution in [0.2, 0.25) is 0 Å². The lowest BCUT2D eigenvalue weighted by atomic mass is 10.0. The SMILES string of the molecule is CCCOc1ccc(NC(=O)C[C@H](C)CC(=O)NCc2ccccn2)cc1. The number of ether oxygens (including phenoxy) is 1. The maximum absolute atomic E-state index is 12.2. The summed E-state index contributed by atoms with van der Waals surface area (Å²) in [4.78, 5) is 28.3. The van der Waals surface area contributed by atoms with E-state index < -0.39 is 0 Å². The normalized spacial score (nSPS) is 11.5. The van der Waals surface area contributed by atoms with E-state index in [0.29, 0.717) is 19.6 Å². The number of pyridine rings is 1. The van der Waals surface area contributed by atoms with Gasteiger partial charge in [0, 0.05) is 24.7 Å². The highest BCUT2D eigenvalue weighted by Crippen LogP contribution is 2.17. The van der Waals surface area contributed by atoms with Gasteiger partial charge >= 0.3 is 0 Å². The Hall–Kier alpha value is -2.89. The van der Waals surface area contributed by atoms with Gasteiger partial charge in [-0.05, 0) is 48.7 Å². The minimum atomic E-state index is -0.109. The van der Waals surface area contributed by atoms with E-state index in [1.807, 2.05) is 49.4 Å². The van der Waals surface area contributed by atoms with Crippen LogP contribution in [0.25, 0.3) is 0 Å². The van der Waals surface area contributed by atoms with Crippen LogP contribution in [-0.2, 0) is 16.1 Å². The van der Waals surface area contributed by atoms with Crippen molar-refractivity contribution >= 4 is 17.5 Å². The molecule has 27 heavy (non-hydrogen) atoms. The van der Waals surface area contributed by atoms with Crippen LogP contribution in [0.15, 0.2) is 48.7 Å². The molecule has 1 aromatic carbocycles. The molecule has 0 unspecified atom stereocenters. The van der Waals surface area contributed by atoms with Crippen molar-refractivity contribution in [1.82, 2.24) is 10.3 Å². The molecule has 144 valence electrons. The van der Waals surface area contributed by atoms with Crippen LogP contribution in [-0.4, -0.2) is 23.4 Å². The highest BCUT2D eigenvalue weighted by molar-refractivity contribution is 5.91. The number of anilines is 1. The topological polar surface area (TPSA) is 80.3 Å². The van der Waals surface area contributed by atoms with Crippen LogP contribution in [0.4, 0.5) is 5.69 Å². The average molecular weight is 369 g/mol. The summed E-state index contributed by atoms with van der Waals surface area (Å²) in [5.74, 6) is 0.536. The third-order valence-corrected chi connectivity index (χ3v) is 3.87. The van der Waals surface area contributed by atoms with E-state index in [2.05, 4.69) is 22.5 Å². The zero-order chi connectivity index (χ0) is 19.5. The fraction of sp³-hybridized carbons (Fsp3) is 0.381. The van der Waals surface area contributed by atoms with Gasteiger partial charge in [0.15, 0.2) is 0 Å². The Bertz CT molecular complexity index is 717. The molecule has 0 spiro atoms. The molecule has 0 bridgehead atoms. The molecule has 0 aliphatic rings. The van der Waals surface area contributed by atoms with Gasteiger partial charge in [-0.2, -0.15) is 0 Å². The van der Waals surface area contributed by atoms with Crippen LogP contribution < -0.4 is 15.4 Å². The van der Waals surface area contributed by atoms with Crippen molar-refractivity contribution in [2.75, 3.05) is 11.9 Å². The van der Waals surface area contributed by atoms with Gasteiger partial charge in [0.25, 0.3) is 0 Å². The summed E-state index contributed by atoms with van der Waals surface area (Å²) in [5, 5.41) is 5.68. The fourth-order valence-corrected chi connectivity index (χ4v) is 2.54. The minimum absolute atomic E-state index is 0.0547. The van der Waals surface area contributed by atoms with Gasteiger partial charge in [-0.3, -0.25) is 14.6 Å². The fourth-order valence-electron chi connectivity index (χ4n) is 2.54. The predicted octanol–water partition coefficient (Wildman–Crippen LogP) is 3.54. The Morgan fingerprint density at radius 1 is 1.07 bits per heavy atom. The minimum Gasteiger partial charge on any atom is -0.494 e. The highest BCUT2D eigenvalue weighted by atomic mass is 16.5. The Morgan fingerprint density at radius 3 is 2.48 bits per heavy atom. The third kappa shape index (κ3) is 7.90. The van der Waals surface area contributed by atoms with E-state index in [-0.39, 0.29) is 24.2 Å². The zero-order valence-corrected chi connectivity index (χ0v) is 15.9. The summed E-state index contributed by atoms with van der Waals surface area (Å²) in [6.07, 6.45) is 3.22. The molecule has 0 radical (unpaired) electrons. The molecule has 0 aliphatic heterocycles. The number of rotatable bonds is 10. The van der Waals surface area contributed by atoms with E-state index >= 15 is 0 Å². The van der Waals surface area contributed by atoms with Crippen molar-refractivity contribution in [2.45, 2.75) is 39.7 Å². The predicted molar refractivity (Wildman–Crippen MR) is 105 cm³/mol. The molecule has 6 heteroatoms. The molecular formula is C21H27N3O3. The van der Waals surface area contributed by atoms with E-state index in [9.17, 15) is 9.59 Å². The van der Waals surface area contributed by atoms with Crippen molar-refractivity contribution in [3.05, 3.63) is 54.4 Å². The van der Waals surface area contributed by atoms with Crippen molar-refractivity contribution in [3.63, 3.8) is 0 Å². The molecule has 0 aliphatic carbocycles. The number of benzene rings is 1. The third-order valence-electron chi connectivity index (χ3n) is 3.87. The lowest BCUT2D eigenvalue weighted by molar-refractivity contribution is -0.122. The van der Waals surface area contributed by atoms with Gasteiger partial charge in [-0.15, -0.1) is 0 Å². The largest absolute Gasteiger partial charge is 0.494 e. The van der Waals surface area contributed by atoms with Crippen LogP contribution >= 0.6 is 0 Å². The van der Waals surface area contributed by atoms with E-state index in [1.54, 1.807) is 6.20 Å². The number of aromatic nitrogens is 1. The van der Waals surface area contributed by atoms with Gasteiger partial charge in [0.05, 0.1) is 18.8 Å². The molecule has 2 aromatic rings. The first-order valence-corrected chi connectivity index (χ1v) is 9.26. The average Bonchev–Trinajstić information content (AvgIpc) is 2.66. The second-order valence-corrected chi connectivity index (χ2v) is 6.53. The van der Waals surface area contributed by atoms with Gasteiger partial charge in [0.1, 0.15) is 5.75 Å².